The van der Waals surface area contributed by atoms with Crippen LogP contribution in [0, 0.1) is 6.92 Å². The summed E-state index contributed by atoms with van der Waals surface area (Å²) in [7, 11) is -3.04. The first-order valence-electron chi connectivity index (χ1n) is 7.70. The zero-order valence-electron chi connectivity index (χ0n) is 12.9. The summed E-state index contributed by atoms with van der Waals surface area (Å²) in [6, 6.07) is 2.69. The van der Waals surface area contributed by atoms with Crippen molar-refractivity contribution in [2.24, 2.45) is 0 Å². The average Bonchev–Trinajstić information content (AvgIpc) is 3.12. The van der Waals surface area contributed by atoms with Gasteiger partial charge in [0.1, 0.15) is 17.6 Å². The second-order valence-corrected chi connectivity index (χ2v) is 8.43. The van der Waals surface area contributed by atoms with Crippen LogP contribution in [0.3, 0.4) is 0 Å². The van der Waals surface area contributed by atoms with Crippen LogP contribution in [0.25, 0.3) is 0 Å². The number of hydrogen-bond acceptors (Lipinski definition) is 5. The van der Waals surface area contributed by atoms with E-state index in [1.165, 1.54) is 4.90 Å². The molecule has 0 radical (unpaired) electrons. The molecule has 3 heterocycles. The number of nitrogens with one attached hydrogen (secondary N) is 1. The van der Waals surface area contributed by atoms with E-state index in [4.69, 9.17) is 4.42 Å². The average molecular weight is 340 g/mol. The molecule has 0 spiro atoms. The van der Waals surface area contributed by atoms with E-state index in [9.17, 15) is 18.0 Å². The number of rotatable bonds is 4. The quantitative estimate of drug-likeness (QED) is 0.855. The monoisotopic (exact) mass is 340 g/mol. The largest absolute Gasteiger partial charge is 0.464 e. The Bertz CT molecular complexity index is 724. The minimum atomic E-state index is -3.04. The predicted octanol–water partition coefficient (Wildman–Crippen LogP) is 0.382. The number of sulfone groups is 1. The molecule has 23 heavy (non-hydrogen) atoms. The van der Waals surface area contributed by atoms with Crippen molar-refractivity contribution in [1.29, 1.82) is 0 Å². The predicted molar refractivity (Wildman–Crippen MR) is 82.2 cm³/mol. The van der Waals surface area contributed by atoms with Crippen LogP contribution in [0.2, 0.25) is 0 Å². The molecule has 0 aromatic carbocycles. The highest BCUT2D eigenvalue weighted by molar-refractivity contribution is 7.91. The summed E-state index contributed by atoms with van der Waals surface area (Å²) < 4.78 is 28.4. The zero-order chi connectivity index (χ0) is 16.6. The Balaban J connectivity index is 1.65. The highest BCUT2D eigenvalue weighted by atomic mass is 32.2. The van der Waals surface area contributed by atoms with Gasteiger partial charge in [0.2, 0.25) is 11.8 Å². The Morgan fingerprint density at radius 1 is 1.39 bits per heavy atom. The van der Waals surface area contributed by atoms with Gasteiger partial charge < -0.3 is 14.6 Å². The maximum absolute atomic E-state index is 12.4. The fraction of sp³-hybridized carbons (Fsp3) is 0.600. The topological polar surface area (TPSA) is 96.7 Å². The van der Waals surface area contributed by atoms with Crippen LogP contribution in [0.4, 0.5) is 0 Å². The van der Waals surface area contributed by atoms with Crippen molar-refractivity contribution in [3.05, 3.63) is 23.7 Å². The van der Waals surface area contributed by atoms with E-state index < -0.39 is 15.9 Å². The Hall–Kier alpha value is -1.83. The molecule has 2 amide bonds. The van der Waals surface area contributed by atoms with Gasteiger partial charge in [-0.05, 0) is 31.9 Å². The molecule has 2 aliphatic rings. The van der Waals surface area contributed by atoms with Crippen LogP contribution in [0.1, 0.15) is 30.8 Å². The first-order chi connectivity index (χ1) is 10.8. The highest BCUT2D eigenvalue weighted by Crippen LogP contribution is 2.23. The van der Waals surface area contributed by atoms with Crippen LogP contribution in [-0.4, -0.2) is 48.7 Å². The summed E-state index contributed by atoms with van der Waals surface area (Å²) in [5, 5.41) is 2.78. The number of carbonyl (C=O) groups is 2. The number of nitrogens with zero attached hydrogens (tertiary/aromatic N) is 1. The lowest BCUT2D eigenvalue weighted by molar-refractivity contribution is -0.136. The Kier molecular flexibility index (Phi) is 4.18. The molecule has 0 bridgehead atoms. The molecule has 1 aromatic rings. The number of amides is 2. The van der Waals surface area contributed by atoms with Gasteiger partial charge in [0.15, 0.2) is 9.84 Å². The van der Waals surface area contributed by atoms with Crippen molar-refractivity contribution in [3.63, 3.8) is 0 Å². The third-order valence-corrected chi connectivity index (χ3v) is 6.10. The minimum Gasteiger partial charge on any atom is -0.464 e. The normalized spacial score (nSPS) is 26.7. The van der Waals surface area contributed by atoms with Crippen molar-refractivity contribution in [2.75, 3.05) is 11.5 Å². The van der Waals surface area contributed by atoms with Gasteiger partial charge in [-0.1, -0.05) is 0 Å². The molecule has 2 aliphatic heterocycles. The van der Waals surface area contributed by atoms with E-state index in [2.05, 4.69) is 5.32 Å². The fourth-order valence-corrected chi connectivity index (χ4v) is 4.82. The number of carbonyl (C=O) groups excluding carboxylic acids is 2. The summed E-state index contributed by atoms with van der Waals surface area (Å²) in [6.07, 6.45) is 1.21. The van der Waals surface area contributed by atoms with Crippen molar-refractivity contribution >= 4 is 21.7 Å². The van der Waals surface area contributed by atoms with Crippen molar-refractivity contribution in [1.82, 2.24) is 10.2 Å². The number of likely N-dealkylation sites (tertiary alicyclic amines) is 1. The number of hydrogen-bond donors (Lipinski definition) is 1. The molecular weight excluding hydrogens is 320 g/mol. The lowest BCUT2D eigenvalue weighted by Gasteiger charge is -2.24. The third kappa shape index (κ3) is 3.57. The van der Waals surface area contributed by atoms with Crippen molar-refractivity contribution in [3.8, 4) is 0 Å². The van der Waals surface area contributed by atoms with E-state index in [0.29, 0.717) is 25.0 Å². The van der Waals surface area contributed by atoms with E-state index in [-0.39, 0.29) is 35.9 Å². The molecular formula is C15H20N2O5S. The second-order valence-electron chi connectivity index (χ2n) is 6.20. The van der Waals surface area contributed by atoms with Gasteiger partial charge in [0.25, 0.3) is 0 Å². The second kappa shape index (κ2) is 5.99. The van der Waals surface area contributed by atoms with Gasteiger partial charge in [-0.25, -0.2) is 8.42 Å². The first-order valence-corrected chi connectivity index (χ1v) is 9.52. The van der Waals surface area contributed by atoms with E-state index in [0.717, 1.165) is 5.76 Å². The lowest BCUT2D eigenvalue weighted by Crippen LogP contribution is -2.48. The lowest BCUT2D eigenvalue weighted by atomic mass is 10.1. The molecule has 2 fully saturated rings. The minimum absolute atomic E-state index is 0.0171. The molecule has 7 nitrogen and oxygen atoms in total. The summed E-state index contributed by atoms with van der Waals surface area (Å²) in [5.41, 5.74) is 0. The summed E-state index contributed by atoms with van der Waals surface area (Å²) in [4.78, 5) is 26.0. The molecule has 1 N–H and O–H groups in total. The van der Waals surface area contributed by atoms with E-state index >= 15 is 0 Å². The van der Waals surface area contributed by atoms with Gasteiger partial charge in [0.05, 0.1) is 18.1 Å². The molecule has 0 unspecified atom stereocenters. The summed E-state index contributed by atoms with van der Waals surface area (Å²) >= 11 is 0. The summed E-state index contributed by atoms with van der Waals surface area (Å²) in [6.45, 7) is 2.08. The smallest absolute Gasteiger partial charge is 0.243 e. The van der Waals surface area contributed by atoms with Gasteiger partial charge in [-0.2, -0.15) is 0 Å². The summed E-state index contributed by atoms with van der Waals surface area (Å²) in [5.74, 6) is 1.12. The molecule has 2 saturated heterocycles. The van der Waals surface area contributed by atoms with E-state index in [1.807, 2.05) is 13.0 Å². The third-order valence-electron chi connectivity index (χ3n) is 4.33. The van der Waals surface area contributed by atoms with Crippen molar-refractivity contribution in [2.45, 2.75) is 44.8 Å². The van der Waals surface area contributed by atoms with Crippen LogP contribution >= 0.6 is 0 Å². The van der Waals surface area contributed by atoms with Crippen LogP contribution in [0.5, 0.6) is 0 Å². The molecule has 8 heteroatoms. The molecule has 2 atom stereocenters. The fourth-order valence-electron chi connectivity index (χ4n) is 3.15. The maximum atomic E-state index is 12.4. The van der Waals surface area contributed by atoms with Crippen LogP contribution in [0.15, 0.2) is 16.5 Å². The van der Waals surface area contributed by atoms with Crippen LogP contribution in [-0.2, 0) is 26.0 Å². The molecule has 0 saturated carbocycles. The van der Waals surface area contributed by atoms with Gasteiger partial charge in [-0.3, -0.25) is 9.59 Å². The SMILES string of the molecule is Cc1ccc(CN2C(=O)CC[C@H]2C(=O)N[C@H]2CCS(=O)(=O)C2)o1. The zero-order valence-corrected chi connectivity index (χ0v) is 13.8. The molecule has 3 rings (SSSR count). The highest BCUT2D eigenvalue weighted by Gasteiger charge is 2.38. The number of aryl methyl sites for hydroxylation is 1. The van der Waals surface area contributed by atoms with Gasteiger partial charge >= 0.3 is 0 Å². The maximum Gasteiger partial charge on any atom is 0.243 e. The number of furan rings is 1. The van der Waals surface area contributed by atoms with Crippen molar-refractivity contribution < 1.29 is 22.4 Å². The standard InChI is InChI=1S/C15H20N2O5S/c1-10-2-3-12(22-10)8-17-13(4-5-14(17)18)15(19)16-11-6-7-23(20,21)9-11/h2-3,11,13H,4-9H2,1H3,(H,16,19)/t11-,13-/m0/s1. The van der Waals surface area contributed by atoms with Gasteiger partial charge in [0, 0.05) is 12.5 Å². The van der Waals surface area contributed by atoms with E-state index in [1.54, 1.807) is 6.07 Å². The Morgan fingerprint density at radius 2 is 2.17 bits per heavy atom. The molecule has 0 aliphatic carbocycles. The molecule has 126 valence electrons. The Labute approximate surface area is 134 Å². The Morgan fingerprint density at radius 3 is 2.78 bits per heavy atom. The first kappa shape index (κ1) is 16.0. The van der Waals surface area contributed by atoms with Crippen LogP contribution < -0.4 is 5.32 Å². The molecule has 1 aromatic heterocycles. The van der Waals surface area contributed by atoms with Gasteiger partial charge in [-0.15, -0.1) is 0 Å².